The van der Waals surface area contributed by atoms with E-state index in [1.165, 1.54) is 25.4 Å². The van der Waals surface area contributed by atoms with E-state index in [1.54, 1.807) is 31.2 Å². The van der Waals surface area contributed by atoms with E-state index >= 15 is 0 Å². The molecular weight excluding hydrogens is 499 g/mol. The maximum Gasteiger partial charge on any atom is 0.264 e. The molecule has 3 rings (SSSR count). The molecule has 3 aromatic rings. The van der Waals surface area contributed by atoms with Crippen molar-refractivity contribution in [2.24, 2.45) is 0 Å². The van der Waals surface area contributed by atoms with Crippen molar-refractivity contribution in [3.05, 3.63) is 68.8 Å². The lowest BCUT2D eigenvalue weighted by atomic mass is 10.0. The molecule has 0 saturated heterocycles. The first-order valence-electron chi connectivity index (χ1n) is 8.98. The number of halogens is 3. The van der Waals surface area contributed by atoms with E-state index in [2.05, 4.69) is 4.98 Å². The molecule has 168 valence electrons. The smallest absolute Gasteiger partial charge is 0.264 e. The first kappa shape index (κ1) is 24.1. The van der Waals surface area contributed by atoms with Gasteiger partial charge in [0.25, 0.3) is 5.91 Å². The molecule has 0 atom stereocenters. The van der Waals surface area contributed by atoms with Crippen LogP contribution in [0.2, 0.25) is 15.1 Å². The Balaban J connectivity index is 1.93. The highest BCUT2D eigenvalue weighted by Gasteiger charge is 2.17. The predicted molar refractivity (Wildman–Crippen MR) is 125 cm³/mol. The van der Waals surface area contributed by atoms with Crippen LogP contribution in [0.15, 0.2) is 42.6 Å². The van der Waals surface area contributed by atoms with Crippen molar-refractivity contribution in [2.75, 3.05) is 13.4 Å². The van der Waals surface area contributed by atoms with Crippen LogP contribution in [0.3, 0.4) is 0 Å². The normalized spacial score (nSPS) is 11.2. The van der Waals surface area contributed by atoms with Gasteiger partial charge in [-0.05, 0) is 48.9 Å². The summed E-state index contributed by atoms with van der Waals surface area (Å²) in [6, 6.07) is 9.37. The lowest BCUT2D eigenvalue weighted by molar-refractivity contribution is 0.0981. The fourth-order valence-corrected chi connectivity index (χ4v) is 4.15. The Morgan fingerprint density at radius 3 is 2.38 bits per heavy atom. The molecule has 0 aliphatic heterocycles. The van der Waals surface area contributed by atoms with E-state index in [-0.39, 0.29) is 16.5 Å². The predicted octanol–water partition coefficient (Wildman–Crippen LogP) is 5.51. The minimum absolute atomic E-state index is 0.114. The number of hydrogen-bond donors (Lipinski definition) is 1. The molecule has 0 bridgehead atoms. The van der Waals surface area contributed by atoms with Crippen molar-refractivity contribution in [3.8, 4) is 28.5 Å². The Labute approximate surface area is 200 Å². The Hall–Kier alpha value is -2.52. The number of amides is 1. The van der Waals surface area contributed by atoms with Crippen molar-refractivity contribution in [3.63, 3.8) is 0 Å². The highest BCUT2D eigenvalue weighted by atomic mass is 35.5. The minimum atomic E-state index is -3.70. The largest absolute Gasteiger partial charge is 0.496 e. The number of aryl methyl sites for hydroxylation is 1. The second kappa shape index (κ2) is 9.54. The van der Waals surface area contributed by atoms with Gasteiger partial charge in [-0.1, -0.05) is 34.8 Å². The monoisotopic (exact) mass is 514 g/mol. The molecule has 1 aromatic heterocycles. The second-order valence-electron chi connectivity index (χ2n) is 6.77. The molecule has 0 spiro atoms. The molecule has 2 aromatic carbocycles. The summed E-state index contributed by atoms with van der Waals surface area (Å²) in [6.07, 6.45) is 2.42. The average molecular weight is 516 g/mol. The number of rotatable bonds is 6. The van der Waals surface area contributed by atoms with Gasteiger partial charge in [-0.2, -0.15) is 0 Å². The van der Waals surface area contributed by atoms with Gasteiger partial charge in [-0.15, -0.1) is 0 Å². The van der Waals surface area contributed by atoms with Crippen LogP contribution < -0.4 is 14.2 Å². The summed E-state index contributed by atoms with van der Waals surface area (Å²) in [5, 5.41) is 1.02. The third-order valence-corrected chi connectivity index (χ3v) is 5.58. The number of benzene rings is 2. The summed E-state index contributed by atoms with van der Waals surface area (Å²) in [5.41, 5.74) is 2.01. The van der Waals surface area contributed by atoms with E-state index in [1.807, 2.05) is 4.72 Å². The fourth-order valence-electron chi connectivity index (χ4n) is 2.86. The van der Waals surface area contributed by atoms with Gasteiger partial charge >= 0.3 is 0 Å². The van der Waals surface area contributed by atoms with Crippen LogP contribution >= 0.6 is 34.8 Å². The van der Waals surface area contributed by atoms with Crippen molar-refractivity contribution in [1.82, 2.24) is 9.71 Å². The summed E-state index contributed by atoms with van der Waals surface area (Å²) in [5.74, 6) is 0.0876. The molecule has 0 unspecified atom stereocenters. The molecule has 0 aliphatic rings. The number of sulfonamides is 1. The van der Waals surface area contributed by atoms with Crippen LogP contribution in [0, 0.1) is 6.92 Å². The van der Waals surface area contributed by atoms with Crippen LogP contribution in [0.5, 0.6) is 17.4 Å². The molecule has 32 heavy (non-hydrogen) atoms. The number of nitrogens with one attached hydrogen (secondary N) is 1. The number of nitrogens with zero attached hydrogens (tertiary/aromatic N) is 1. The van der Waals surface area contributed by atoms with E-state index in [0.717, 1.165) is 6.26 Å². The number of carbonyl (C=O) groups is 1. The maximum atomic E-state index is 12.1. The number of pyridine rings is 1. The summed E-state index contributed by atoms with van der Waals surface area (Å²) in [4.78, 5) is 16.4. The lowest BCUT2D eigenvalue weighted by Crippen LogP contribution is -2.29. The minimum Gasteiger partial charge on any atom is -0.496 e. The van der Waals surface area contributed by atoms with E-state index < -0.39 is 15.9 Å². The molecule has 1 N–H and O–H groups in total. The highest BCUT2D eigenvalue weighted by molar-refractivity contribution is 7.89. The zero-order chi connectivity index (χ0) is 23.6. The van der Waals surface area contributed by atoms with Gasteiger partial charge in [0.2, 0.25) is 15.9 Å². The van der Waals surface area contributed by atoms with Gasteiger partial charge in [-0.3, -0.25) is 4.79 Å². The third-order valence-electron chi connectivity index (χ3n) is 4.25. The second-order valence-corrected chi connectivity index (χ2v) is 9.76. The molecule has 0 aliphatic carbocycles. The third kappa shape index (κ3) is 5.63. The van der Waals surface area contributed by atoms with Crippen LogP contribution in [0.4, 0.5) is 0 Å². The Bertz CT molecular complexity index is 1290. The Morgan fingerprint density at radius 2 is 1.78 bits per heavy atom. The topological polar surface area (TPSA) is 94.6 Å². The summed E-state index contributed by atoms with van der Waals surface area (Å²) in [6.45, 7) is 1.79. The van der Waals surface area contributed by atoms with Gasteiger partial charge in [0, 0.05) is 27.9 Å². The lowest BCUT2D eigenvalue weighted by Gasteiger charge is -2.14. The molecule has 11 heteroatoms. The Kier molecular flexibility index (Phi) is 7.19. The maximum absolute atomic E-state index is 12.1. The zero-order valence-corrected chi connectivity index (χ0v) is 20.2. The average Bonchev–Trinajstić information content (AvgIpc) is 2.69. The van der Waals surface area contributed by atoms with Gasteiger partial charge in [0.05, 0.1) is 18.4 Å². The fraction of sp³-hybridized carbons (Fsp3) is 0.143. The van der Waals surface area contributed by atoms with Gasteiger partial charge in [0.1, 0.15) is 10.8 Å². The van der Waals surface area contributed by atoms with Crippen LogP contribution in [-0.2, 0) is 10.0 Å². The molecule has 1 heterocycles. The number of hydrogen-bond acceptors (Lipinski definition) is 6. The van der Waals surface area contributed by atoms with E-state index in [9.17, 15) is 13.2 Å². The van der Waals surface area contributed by atoms with Gasteiger partial charge in [0.15, 0.2) is 5.75 Å². The number of ether oxygens (including phenoxy) is 2. The molecule has 0 saturated carbocycles. The Morgan fingerprint density at radius 1 is 1.06 bits per heavy atom. The molecule has 0 fully saturated rings. The molecule has 7 nitrogen and oxygen atoms in total. The zero-order valence-electron chi connectivity index (χ0n) is 17.1. The number of carbonyl (C=O) groups excluding carboxylic acids is 1. The van der Waals surface area contributed by atoms with Crippen molar-refractivity contribution in [1.29, 1.82) is 0 Å². The summed E-state index contributed by atoms with van der Waals surface area (Å²) in [7, 11) is -2.27. The molecular formula is C21H17Cl3N2O5S. The summed E-state index contributed by atoms with van der Waals surface area (Å²) < 4.78 is 35.7. The van der Waals surface area contributed by atoms with Crippen molar-refractivity contribution in [2.45, 2.75) is 6.92 Å². The molecule has 0 radical (unpaired) electrons. The van der Waals surface area contributed by atoms with Gasteiger partial charge < -0.3 is 9.47 Å². The number of aromatic nitrogens is 1. The van der Waals surface area contributed by atoms with Crippen LogP contribution in [0.25, 0.3) is 11.1 Å². The van der Waals surface area contributed by atoms with Gasteiger partial charge in [-0.25, -0.2) is 18.1 Å². The van der Waals surface area contributed by atoms with Crippen LogP contribution in [0.1, 0.15) is 15.9 Å². The van der Waals surface area contributed by atoms with Crippen molar-refractivity contribution < 1.29 is 22.7 Å². The van der Waals surface area contributed by atoms with E-state index in [4.69, 9.17) is 44.3 Å². The highest BCUT2D eigenvalue weighted by Crippen LogP contribution is 2.39. The first-order chi connectivity index (χ1) is 15.0. The van der Waals surface area contributed by atoms with E-state index in [0.29, 0.717) is 38.2 Å². The summed E-state index contributed by atoms with van der Waals surface area (Å²) >= 11 is 18.6. The molecule has 1 amide bonds. The quantitative estimate of drug-likeness (QED) is 0.465. The first-order valence-corrected chi connectivity index (χ1v) is 12.0. The number of methoxy groups -OCH3 is 1. The van der Waals surface area contributed by atoms with Crippen LogP contribution in [-0.4, -0.2) is 32.7 Å². The standard InChI is InChI=1S/C21H17Cl3N2O5S/c1-11-6-14(22)9-16(23)19(11)31-21-17(24)7-13(10-25-21)15-5-4-12(8-18(15)30-2)20(27)26-32(3,28)29/h4-10H,1-3H3,(H,26,27). The van der Waals surface area contributed by atoms with Crippen molar-refractivity contribution >= 4 is 50.7 Å². The SMILES string of the molecule is COc1cc(C(=O)NS(C)(=O)=O)ccc1-c1cnc(Oc2c(C)cc(Cl)cc2Cl)c(Cl)c1.